The zero-order valence-electron chi connectivity index (χ0n) is 19.6. The van der Waals surface area contributed by atoms with Crippen LogP contribution < -0.4 is 9.80 Å². The van der Waals surface area contributed by atoms with E-state index in [2.05, 4.69) is 49.3 Å². The SMILES string of the molecule is Clc1nc(N2CCOCC2)c2[nH]cnc2n1.Clc1nc(N2CCOCC2)c2ncn(CC3CC3)c2n1. The molecule has 1 N–H and O–H groups in total. The van der Waals surface area contributed by atoms with E-state index < -0.39 is 0 Å². The van der Waals surface area contributed by atoms with Crippen LogP contribution >= 0.6 is 23.2 Å². The third-order valence-electron chi connectivity index (χ3n) is 6.43. The maximum Gasteiger partial charge on any atom is 0.226 e. The van der Waals surface area contributed by atoms with E-state index in [1.807, 2.05) is 6.33 Å². The normalized spacial score (nSPS) is 18.5. The van der Waals surface area contributed by atoms with Crippen LogP contribution in [0.15, 0.2) is 12.7 Å². The highest BCUT2D eigenvalue weighted by Gasteiger charge is 2.25. The molecule has 4 aromatic rings. The predicted molar refractivity (Wildman–Crippen MR) is 136 cm³/mol. The van der Waals surface area contributed by atoms with Crippen molar-refractivity contribution in [1.29, 1.82) is 0 Å². The first-order chi connectivity index (χ1) is 17.7. The zero-order valence-corrected chi connectivity index (χ0v) is 21.1. The van der Waals surface area contributed by atoms with Crippen LogP contribution in [-0.2, 0) is 16.0 Å². The summed E-state index contributed by atoms with van der Waals surface area (Å²) in [4.78, 5) is 33.0. The molecular formula is C22H26Cl2N10O2. The van der Waals surface area contributed by atoms with Gasteiger partial charge in [-0.05, 0) is 42.0 Å². The van der Waals surface area contributed by atoms with Crippen molar-refractivity contribution >= 4 is 57.2 Å². The molecule has 2 saturated heterocycles. The lowest BCUT2D eigenvalue weighted by molar-refractivity contribution is 0.122. The summed E-state index contributed by atoms with van der Waals surface area (Å²) in [6.45, 7) is 7.07. The number of fused-ring (bicyclic) bond motifs is 2. The van der Waals surface area contributed by atoms with Gasteiger partial charge in [0, 0.05) is 32.7 Å². The van der Waals surface area contributed by atoms with Gasteiger partial charge in [-0.1, -0.05) is 0 Å². The van der Waals surface area contributed by atoms with Crippen LogP contribution in [0.3, 0.4) is 0 Å². The maximum atomic E-state index is 6.10. The van der Waals surface area contributed by atoms with Gasteiger partial charge in [0.15, 0.2) is 28.4 Å². The molecular weight excluding hydrogens is 507 g/mol. The number of nitrogens with zero attached hydrogens (tertiary/aromatic N) is 9. The molecule has 190 valence electrons. The van der Waals surface area contributed by atoms with Crippen molar-refractivity contribution in [3.8, 4) is 0 Å². The molecule has 12 nitrogen and oxygen atoms in total. The minimum absolute atomic E-state index is 0.223. The van der Waals surface area contributed by atoms with Gasteiger partial charge in [-0.25, -0.2) is 9.97 Å². The molecule has 0 amide bonds. The summed E-state index contributed by atoms with van der Waals surface area (Å²) in [5.74, 6) is 2.40. The van der Waals surface area contributed by atoms with Gasteiger partial charge < -0.3 is 28.8 Å². The fourth-order valence-corrected chi connectivity index (χ4v) is 4.73. The third kappa shape index (κ3) is 5.03. The number of anilines is 2. The Morgan fingerprint density at radius 1 is 0.833 bits per heavy atom. The van der Waals surface area contributed by atoms with E-state index in [0.29, 0.717) is 32.1 Å². The van der Waals surface area contributed by atoms with E-state index in [1.165, 1.54) is 12.8 Å². The quantitative estimate of drug-likeness (QED) is 0.392. The van der Waals surface area contributed by atoms with Gasteiger partial charge in [0.1, 0.15) is 5.52 Å². The number of H-pyrrole nitrogens is 1. The minimum atomic E-state index is 0.223. The van der Waals surface area contributed by atoms with Crippen LogP contribution in [0.4, 0.5) is 11.6 Å². The number of aromatic nitrogens is 8. The number of halogens is 2. The Bertz CT molecular complexity index is 1350. The second-order valence-electron chi connectivity index (χ2n) is 8.94. The summed E-state index contributed by atoms with van der Waals surface area (Å²) < 4.78 is 12.8. The van der Waals surface area contributed by atoms with Crippen LogP contribution in [0.25, 0.3) is 22.3 Å². The Balaban J connectivity index is 0.000000137. The van der Waals surface area contributed by atoms with Crippen molar-refractivity contribution in [3.63, 3.8) is 0 Å². The maximum absolute atomic E-state index is 6.10. The Labute approximate surface area is 217 Å². The van der Waals surface area contributed by atoms with E-state index in [4.69, 9.17) is 32.7 Å². The zero-order chi connectivity index (χ0) is 24.5. The topological polar surface area (TPSA) is 123 Å². The van der Waals surface area contributed by atoms with Crippen molar-refractivity contribution in [2.75, 3.05) is 62.4 Å². The van der Waals surface area contributed by atoms with E-state index in [0.717, 1.165) is 67.0 Å². The van der Waals surface area contributed by atoms with Crippen molar-refractivity contribution in [2.24, 2.45) is 5.92 Å². The highest BCUT2D eigenvalue weighted by atomic mass is 35.5. The number of hydrogen-bond acceptors (Lipinski definition) is 10. The molecule has 0 bridgehead atoms. The van der Waals surface area contributed by atoms with E-state index in [-0.39, 0.29) is 10.6 Å². The molecule has 3 fully saturated rings. The number of ether oxygens (including phenoxy) is 2. The Morgan fingerprint density at radius 2 is 1.47 bits per heavy atom. The van der Waals surface area contributed by atoms with Gasteiger partial charge in [-0.3, -0.25) is 0 Å². The number of morpholine rings is 2. The van der Waals surface area contributed by atoms with Crippen molar-refractivity contribution in [3.05, 3.63) is 23.2 Å². The summed E-state index contributed by atoms with van der Waals surface area (Å²) in [5.41, 5.74) is 3.11. The fourth-order valence-electron chi connectivity index (χ4n) is 4.41. The second kappa shape index (κ2) is 10.3. The number of imidazole rings is 2. The summed E-state index contributed by atoms with van der Waals surface area (Å²) in [6, 6.07) is 0. The molecule has 6 heterocycles. The minimum Gasteiger partial charge on any atom is -0.378 e. The highest BCUT2D eigenvalue weighted by molar-refractivity contribution is 6.29. The summed E-state index contributed by atoms with van der Waals surface area (Å²) in [7, 11) is 0. The molecule has 14 heteroatoms. The fraction of sp³-hybridized carbons (Fsp3) is 0.545. The summed E-state index contributed by atoms with van der Waals surface area (Å²) in [5, 5.41) is 0.512. The molecule has 36 heavy (non-hydrogen) atoms. The van der Waals surface area contributed by atoms with Crippen LogP contribution in [0, 0.1) is 5.92 Å². The van der Waals surface area contributed by atoms with Gasteiger partial charge in [-0.15, -0.1) is 0 Å². The van der Waals surface area contributed by atoms with Gasteiger partial charge in [0.2, 0.25) is 10.6 Å². The molecule has 0 atom stereocenters. The average Bonchev–Trinajstić information content (AvgIpc) is 3.45. The van der Waals surface area contributed by atoms with Gasteiger partial charge in [0.05, 0.1) is 39.1 Å². The van der Waals surface area contributed by atoms with Crippen molar-refractivity contribution in [2.45, 2.75) is 19.4 Å². The monoisotopic (exact) mass is 532 g/mol. The molecule has 0 radical (unpaired) electrons. The lowest BCUT2D eigenvalue weighted by Gasteiger charge is -2.27. The molecule has 4 aromatic heterocycles. The van der Waals surface area contributed by atoms with Gasteiger partial charge >= 0.3 is 0 Å². The van der Waals surface area contributed by atoms with Crippen LogP contribution in [-0.4, -0.2) is 92.1 Å². The number of aromatic amines is 1. The molecule has 2 aliphatic heterocycles. The summed E-state index contributed by atoms with van der Waals surface area (Å²) >= 11 is 12.0. The second-order valence-corrected chi connectivity index (χ2v) is 9.62. The first-order valence-electron chi connectivity index (χ1n) is 12.1. The third-order valence-corrected chi connectivity index (χ3v) is 6.77. The van der Waals surface area contributed by atoms with Gasteiger partial charge in [-0.2, -0.15) is 19.9 Å². The van der Waals surface area contributed by atoms with E-state index in [9.17, 15) is 0 Å². The number of rotatable bonds is 4. The molecule has 1 aliphatic carbocycles. The Hall–Kier alpha value is -2.80. The smallest absolute Gasteiger partial charge is 0.226 e. The molecule has 7 rings (SSSR count). The Kier molecular flexibility index (Phi) is 6.74. The first kappa shape index (κ1) is 23.6. The van der Waals surface area contributed by atoms with E-state index in [1.54, 1.807) is 6.33 Å². The molecule has 0 aromatic carbocycles. The van der Waals surface area contributed by atoms with Crippen LogP contribution in [0.5, 0.6) is 0 Å². The number of hydrogen-bond donors (Lipinski definition) is 1. The summed E-state index contributed by atoms with van der Waals surface area (Å²) in [6.07, 6.45) is 6.06. The standard InChI is InChI=1S/C13H16ClN5O.C9H10ClN5O/c14-13-16-11(18-3-5-20-6-4-18)10-12(17-13)19(8-15-10)7-9-1-2-9;10-9-13-7-6(11-5-12-7)8(14-9)15-1-3-16-4-2-15/h8-9H,1-7H2;5H,1-4H2,(H,11,12,13,14). The van der Waals surface area contributed by atoms with Crippen LogP contribution in [0.2, 0.25) is 10.6 Å². The van der Waals surface area contributed by atoms with Crippen LogP contribution in [0.1, 0.15) is 12.8 Å². The first-order valence-corrected chi connectivity index (χ1v) is 12.8. The highest BCUT2D eigenvalue weighted by Crippen LogP contribution is 2.32. The lowest BCUT2D eigenvalue weighted by Crippen LogP contribution is -2.37. The van der Waals surface area contributed by atoms with E-state index >= 15 is 0 Å². The molecule has 1 saturated carbocycles. The van der Waals surface area contributed by atoms with Gasteiger partial charge in [0.25, 0.3) is 0 Å². The van der Waals surface area contributed by atoms with Crippen molar-refractivity contribution in [1.82, 2.24) is 39.5 Å². The van der Waals surface area contributed by atoms with Crippen molar-refractivity contribution < 1.29 is 9.47 Å². The molecule has 3 aliphatic rings. The average molecular weight is 533 g/mol. The largest absolute Gasteiger partial charge is 0.378 e. The lowest BCUT2D eigenvalue weighted by atomic mass is 10.3. The Morgan fingerprint density at radius 3 is 2.17 bits per heavy atom. The molecule has 0 spiro atoms. The number of nitrogens with one attached hydrogen (secondary N) is 1. The molecule has 0 unspecified atom stereocenters. The predicted octanol–water partition coefficient (Wildman–Crippen LogP) is 2.57.